The number of nitrogens with zero attached hydrogens (tertiary/aromatic N) is 3. The van der Waals surface area contributed by atoms with Crippen LogP contribution >= 0.6 is 0 Å². The molecule has 228 valence electrons. The quantitative estimate of drug-likeness (QED) is 0.183. The summed E-state index contributed by atoms with van der Waals surface area (Å²) in [6, 6.07) is 56.9. The van der Waals surface area contributed by atoms with Crippen LogP contribution in [0.1, 0.15) is 0 Å². The number of benzene rings is 8. The predicted molar refractivity (Wildman–Crippen MR) is 201 cm³/mol. The highest BCUT2D eigenvalue weighted by Crippen LogP contribution is 2.43. The lowest BCUT2D eigenvalue weighted by Gasteiger charge is -2.12. The lowest BCUT2D eigenvalue weighted by molar-refractivity contribution is 0.673. The Kier molecular flexibility index (Phi) is 6.15. The first-order valence-corrected chi connectivity index (χ1v) is 16.4. The Balaban J connectivity index is 1.25. The Morgan fingerprint density at radius 1 is 0.347 bits per heavy atom. The number of para-hydroxylation sites is 1. The molecule has 0 aliphatic heterocycles. The summed E-state index contributed by atoms with van der Waals surface area (Å²) in [5.74, 6) is 1.84. The van der Waals surface area contributed by atoms with E-state index >= 15 is 0 Å². The molecular formula is C45H27N3O. The van der Waals surface area contributed by atoms with Gasteiger partial charge < -0.3 is 4.42 Å². The number of hydrogen-bond donors (Lipinski definition) is 0. The van der Waals surface area contributed by atoms with E-state index in [2.05, 4.69) is 146 Å². The van der Waals surface area contributed by atoms with Crippen molar-refractivity contribution in [2.24, 2.45) is 0 Å². The topological polar surface area (TPSA) is 51.8 Å². The molecule has 0 aliphatic carbocycles. The second-order valence-corrected chi connectivity index (χ2v) is 12.4. The fourth-order valence-corrected chi connectivity index (χ4v) is 7.08. The minimum atomic E-state index is 0.604. The molecule has 0 unspecified atom stereocenters. The molecule has 0 aliphatic rings. The van der Waals surface area contributed by atoms with E-state index in [-0.39, 0.29) is 0 Å². The molecule has 0 saturated carbocycles. The van der Waals surface area contributed by atoms with E-state index in [0.717, 1.165) is 65.7 Å². The standard InChI is InChI=1S/C45H27N3O/c1-2-10-28(11-3-1)30-18-22-32(23-19-30)43-46-44(35-25-20-29-12-4-5-14-33(29)26-35)48-45(47-43)38-27-34-24-21-31-13-6-7-15-36(31)40(34)42-41(38)37-16-8-9-17-39(37)49-42/h1-27H. The molecule has 49 heavy (non-hydrogen) atoms. The molecule has 0 atom stereocenters. The third-order valence-corrected chi connectivity index (χ3v) is 9.49. The van der Waals surface area contributed by atoms with E-state index in [9.17, 15) is 0 Å². The van der Waals surface area contributed by atoms with Crippen molar-refractivity contribution in [2.75, 3.05) is 0 Å². The summed E-state index contributed by atoms with van der Waals surface area (Å²) in [5, 5.41) is 8.83. The third kappa shape index (κ3) is 4.57. The predicted octanol–water partition coefficient (Wildman–Crippen LogP) is 11.9. The van der Waals surface area contributed by atoms with Crippen LogP contribution < -0.4 is 0 Å². The Morgan fingerprint density at radius 2 is 0.918 bits per heavy atom. The molecule has 8 aromatic carbocycles. The fourth-order valence-electron chi connectivity index (χ4n) is 7.08. The van der Waals surface area contributed by atoms with Crippen molar-refractivity contribution in [1.82, 2.24) is 15.0 Å². The Hall–Kier alpha value is -6.65. The van der Waals surface area contributed by atoms with E-state index in [1.54, 1.807) is 0 Å². The van der Waals surface area contributed by atoms with Gasteiger partial charge in [-0.15, -0.1) is 0 Å². The summed E-state index contributed by atoms with van der Waals surface area (Å²) in [4.78, 5) is 15.5. The lowest BCUT2D eigenvalue weighted by Crippen LogP contribution is -2.01. The number of aromatic nitrogens is 3. The van der Waals surface area contributed by atoms with Crippen LogP contribution in [-0.4, -0.2) is 15.0 Å². The van der Waals surface area contributed by atoms with E-state index in [0.29, 0.717) is 17.5 Å². The Bertz CT molecular complexity index is 2870. The second kappa shape index (κ2) is 11.0. The van der Waals surface area contributed by atoms with Crippen molar-refractivity contribution in [3.8, 4) is 45.3 Å². The van der Waals surface area contributed by atoms with Gasteiger partial charge >= 0.3 is 0 Å². The van der Waals surface area contributed by atoms with Crippen molar-refractivity contribution in [2.45, 2.75) is 0 Å². The normalized spacial score (nSPS) is 11.7. The zero-order valence-corrected chi connectivity index (χ0v) is 26.3. The minimum absolute atomic E-state index is 0.604. The summed E-state index contributed by atoms with van der Waals surface area (Å²) in [5.41, 5.74) is 6.75. The van der Waals surface area contributed by atoms with Crippen LogP contribution in [0.15, 0.2) is 168 Å². The lowest BCUT2D eigenvalue weighted by atomic mass is 9.95. The SMILES string of the molecule is c1ccc(-c2ccc(-c3nc(-c4ccc5ccccc5c4)nc(-c4cc5ccc6ccccc6c5c5oc6ccccc6c45)n3)cc2)cc1. The number of hydrogen-bond acceptors (Lipinski definition) is 4. The molecule has 0 saturated heterocycles. The van der Waals surface area contributed by atoms with E-state index < -0.39 is 0 Å². The monoisotopic (exact) mass is 625 g/mol. The average molecular weight is 626 g/mol. The first-order valence-electron chi connectivity index (χ1n) is 16.4. The average Bonchev–Trinajstić information content (AvgIpc) is 3.57. The van der Waals surface area contributed by atoms with Crippen molar-refractivity contribution in [3.63, 3.8) is 0 Å². The molecule has 10 rings (SSSR count). The second-order valence-electron chi connectivity index (χ2n) is 12.4. The summed E-state index contributed by atoms with van der Waals surface area (Å²) < 4.78 is 6.70. The fraction of sp³-hybridized carbons (Fsp3) is 0. The van der Waals surface area contributed by atoms with E-state index in [1.807, 2.05) is 18.2 Å². The van der Waals surface area contributed by atoms with Gasteiger partial charge in [0.05, 0.1) is 0 Å². The summed E-state index contributed by atoms with van der Waals surface area (Å²) >= 11 is 0. The van der Waals surface area contributed by atoms with Gasteiger partial charge in [0.25, 0.3) is 0 Å². The van der Waals surface area contributed by atoms with Gasteiger partial charge in [0.1, 0.15) is 11.2 Å². The van der Waals surface area contributed by atoms with Gasteiger partial charge in [-0.2, -0.15) is 0 Å². The molecule has 0 radical (unpaired) electrons. The van der Waals surface area contributed by atoms with Gasteiger partial charge in [0.2, 0.25) is 0 Å². The number of furan rings is 1. The van der Waals surface area contributed by atoms with Crippen molar-refractivity contribution in [1.29, 1.82) is 0 Å². The van der Waals surface area contributed by atoms with Crippen molar-refractivity contribution < 1.29 is 4.42 Å². The maximum Gasteiger partial charge on any atom is 0.164 e. The molecular weight excluding hydrogens is 599 g/mol. The molecule has 0 fully saturated rings. The van der Waals surface area contributed by atoms with Crippen LogP contribution in [0, 0.1) is 0 Å². The molecule has 4 heteroatoms. The van der Waals surface area contributed by atoms with Gasteiger partial charge in [-0.25, -0.2) is 15.0 Å². The van der Waals surface area contributed by atoms with Crippen LogP contribution in [0.4, 0.5) is 0 Å². The molecule has 0 bridgehead atoms. The highest BCUT2D eigenvalue weighted by molar-refractivity contribution is 6.26. The molecule has 10 aromatic rings. The molecule has 0 N–H and O–H groups in total. The largest absolute Gasteiger partial charge is 0.455 e. The smallest absolute Gasteiger partial charge is 0.164 e. The van der Waals surface area contributed by atoms with Gasteiger partial charge in [0, 0.05) is 32.8 Å². The third-order valence-electron chi connectivity index (χ3n) is 9.49. The highest BCUT2D eigenvalue weighted by atomic mass is 16.3. The summed E-state index contributed by atoms with van der Waals surface area (Å²) in [6.07, 6.45) is 0. The first kappa shape index (κ1) is 27.5. The first-order chi connectivity index (χ1) is 24.3. The molecule has 0 amide bonds. The van der Waals surface area contributed by atoms with Gasteiger partial charge in [-0.05, 0) is 56.3 Å². The zero-order valence-electron chi connectivity index (χ0n) is 26.3. The molecule has 2 aromatic heterocycles. The highest BCUT2D eigenvalue weighted by Gasteiger charge is 2.21. The Morgan fingerprint density at radius 3 is 1.76 bits per heavy atom. The van der Waals surface area contributed by atoms with Crippen LogP contribution in [0.2, 0.25) is 0 Å². The summed E-state index contributed by atoms with van der Waals surface area (Å²) in [6.45, 7) is 0. The zero-order chi connectivity index (χ0) is 32.3. The van der Waals surface area contributed by atoms with Gasteiger partial charge in [0.15, 0.2) is 17.5 Å². The van der Waals surface area contributed by atoms with Crippen LogP contribution in [0.25, 0.3) is 99.5 Å². The molecule has 2 heterocycles. The van der Waals surface area contributed by atoms with E-state index in [4.69, 9.17) is 19.4 Å². The summed E-state index contributed by atoms with van der Waals surface area (Å²) in [7, 11) is 0. The van der Waals surface area contributed by atoms with Crippen LogP contribution in [0.5, 0.6) is 0 Å². The maximum absolute atomic E-state index is 6.70. The Labute approximate surface area is 282 Å². The molecule has 4 nitrogen and oxygen atoms in total. The van der Waals surface area contributed by atoms with E-state index in [1.165, 1.54) is 16.3 Å². The number of fused-ring (bicyclic) bond motifs is 8. The van der Waals surface area contributed by atoms with Crippen LogP contribution in [-0.2, 0) is 0 Å². The molecule has 0 spiro atoms. The maximum atomic E-state index is 6.70. The number of rotatable bonds is 4. The van der Waals surface area contributed by atoms with Gasteiger partial charge in [-0.1, -0.05) is 146 Å². The van der Waals surface area contributed by atoms with Gasteiger partial charge in [-0.3, -0.25) is 0 Å². The van der Waals surface area contributed by atoms with Crippen molar-refractivity contribution >= 4 is 54.3 Å². The minimum Gasteiger partial charge on any atom is -0.455 e. The van der Waals surface area contributed by atoms with Crippen molar-refractivity contribution in [3.05, 3.63) is 164 Å². The van der Waals surface area contributed by atoms with Crippen LogP contribution in [0.3, 0.4) is 0 Å².